The topological polar surface area (TPSA) is 98.6 Å². The van der Waals surface area contributed by atoms with Crippen molar-refractivity contribution in [3.05, 3.63) is 23.9 Å². The van der Waals surface area contributed by atoms with Gasteiger partial charge in [0, 0.05) is 25.2 Å². The number of aryl methyl sites for hydroxylation is 1. The van der Waals surface area contributed by atoms with Crippen LogP contribution in [0.2, 0.25) is 0 Å². The molecule has 146 valence electrons. The molecular formula is C18H30IN5O2. The zero-order valence-corrected chi connectivity index (χ0v) is 17.8. The van der Waals surface area contributed by atoms with Gasteiger partial charge in [-0.3, -0.25) is 9.79 Å². The Labute approximate surface area is 172 Å². The number of halogens is 1. The highest BCUT2D eigenvalue weighted by Crippen LogP contribution is 2.18. The molecule has 1 heterocycles. The number of carbonyl (C=O) groups excluding carboxylic acids is 1. The molecule has 1 aliphatic carbocycles. The number of hydrogen-bond donors (Lipinski definition) is 4. The molecule has 1 aromatic heterocycles. The van der Waals surface area contributed by atoms with Gasteiger partial charge >= 0.3 is 0 Å². The van der Waals surface area contributed by atoms with E-state index in [0.29, 0.717) is 24.8 Å². The molecular weight excluding hydrogens is 445 g/mol. The number of aliphatic hydroxyl groups excluding tert-OH is 1. The minimum absolute atomic E-state index is 0. The molecule has 7 nitrogen and oxygen atoms in total. The summed E-state index contributed by atoms with van der Waals surface area (Å²) in [6.45, 7) is 5.14. The number of rotatable bonds is 6. The van der Waals surface area contributed by atoms with E-state index in [1.165, 1.54) is 0 Å². The minimum atomic E-state index is -0.170. The highest BCUT2D eigenvalue weighted by atomic mass is 127. The summed E-state index contributed by atoms with van der Waals surface area (Å²) < 4.78 is 0. The van der Waals surface area contributed by atoms with Crippen LogP contribution in [0.25, 0.3) is 0 Å². The van der Waals surface area contributed by atoms with Crippen LogP contribution in [0.3, 0.4) is 0 Å². The molecule has 26 heavy (non-hydrogen) atoms. The van der Waals surface area contributed by atoms with Gasteiger partial charge in [0.1, 0.15) is 5.82 Å². The van der Waals surface area contributed by atoms with E-state index in [4.69, 9.17) is 0 Å². The molecule has 4 N–H and O–H groups in total. The summed E-state index contributed by atoms with van der Waals surface area (Å²) in [4.78, 5) is 20.6. The molecule has 1 fully saturated rings. The Balaban J connectivity index is 0.00000338. The molecule has 1 aromatic rings. The molecule has 0 bridgehead atoms. The first-order chi connectivity index (χ1) is 12.1. The maximum atomic E-state index is 12.0. The van der Waals surface area contributed by atoms with Crippen molar-refractivity contribution in [2.24, 2.45) is 4.99 Å². The molecule has 1 saturated carbocycles. The second-order valence-corrected chi connectivity index (χ2v) is 6.43. The van der Waals surface area contributed by atoms with Crippen LogP contribution in [0.15, 0.2) is 23.3 Å². The molecule has 0 spiro atoms. The van der Waals surface area contributed by atoms with Crippen LogP contribution >= 0.6 is 24.0 Å². The molecule has 0 unspecified atom stereocenters. The van der Waals surface area contributed by atoms with Crippen molar-refractivity contribution < 1.29 is 9.90 Å². The summed E-state index contributed by atoms with van der Waals surface area (Å²) in [5.41, 5.74) is 1.05. The van der Waals surface area contributed by atoms with Crippen LogP contribution in [-0.2, 0) is 4.79 Å². The Bertz CT molecular complexity index is 571. The monoisotopic (exact) mass is 475 g/mol. The van der Waals surface area contributed by atoms with Crippen molar-refractivity contribution in [3.8, 4) is 0 Å². The number of aromatic nitrogens is 1. The highest BCUT2D eigenvalue weighted by Gasteiger charge is 2.19. The Hall–Kier alpha value is -1.42. The number of nitrogens with zero attached hydrogens (tertiary/aromatic N) is 2. The molecule has 0 aromatic carbocycles. The Morgan fingerprint density at radius 1 is 1.31 bits per heavy atom. The number of guanidine groups is 1. The van der Waals surface area contributed by atoms with Crippen LogP contribution in [-0.4, -0.2) is 47.2 Å². The molecule has 1 aliphatic rings. The van der Waals surface area contributed by atoms with E-state index in [0.717, 1.165) is 43.8 Å². The van der Waals surface area contributed by atoms with Crippen molar-refractivity contribution in [2.75, 3.05) is 18.4 Å². The van der Waals surface area contributed by atoms with E-state index in [1.54, 1.807) is 12.3 Å². The molecule has 0 radical (unpaired) electrons. The standard InChI is InChI=1S/C18H29N5O2.HI/c1-3-19-18(22-14-5-7-15(24)8-6-14)20-11-10-17(25)23-16-9-4-13(2)12-21-16;/h4,9,12,14-15,24H,3,5-8,10-11H2,1-2H3,(H2,19,20,22)(H,21,23,25);1H. The molecule has 0 saturated heterocycles. The van der Waals surface area contributed by atoms with Gasteiger partial charge in [-0.25, -0.2) is 4.98 Å². The summed E-state index contributed by atoms with van der Waals surface area (Å²) in [6.07, 6.45) is 5.37. The van der Waals surface area contributed by atoms with Crippen LogP contribution in [0.1, 0.15) is 44.6 Å². The summed E-state index contributed by atoms with van der Waals surface area (Å²) in [5.74, 6) is 1.19. The second-order valence-electron chi connectivity index (χ2n) is 6.43. The lowest BCUT2D eigenvalue weighted by atomic mass is 9.93. The number of carbonyl (C=O) groups is 1. The van der Waals surface area contributed by atoms with Gasteiger partial charge < -0.3 is 21.1 Å². The number of anilines is 1. The lowest BCUT2D eigenvalue weighted by molar-refractivity contribution is -0.116. The number of aliphatic imine (C=N–C) groups is 1. The maximum absolute atomic E-state index is 12.0. The minimum Gasteiger partial charge on any atom is -0.393 e. The van der Waals surface area contributed by atoms with Gasteiger partial charge in [0.25, 0.3) is 0 Å². The smallest absolute Gasteiger partial charge is 0.227 e. The van der Waals surface area contributed by atoms with E-state index in [9.17, 15) is 9.90 Å². The lowest BCUT2D eigenvalue weighted by Crippen LogP contribution is -2.45. The van der Waals surface area contributed by atoms with Gasteiger partial charge in [-0.15, -0.1) is 24.0 Å². The highest BCUT2D eigenvalue weighted by molar-refractivity contribution is 14.0. The average molecular weight is 475 g/mol. The van der Waals surface area contributed by atoms with Gasteiger partial charge in [0.2, 0.25) is 5.91 Å². The Morgan fingerprint density at radius 3 is 2.65 bits per heavy atom. The van der Waals surface area contributed by atoms with Crippen LogP contribution in [0, 0.1) is 6.92 Å². The fourth-order valence-electron chi connectivity index (χ4n) is 2.75. The largest absolute Gasteiger partial charge is 0.393 e. The SMILES string of the molecule is CCNC(=NCCC(=O)Nc1ccc(C)cn1)NC1CCC(O)CC1.I. The summed E-state index contributed by atoms with van der Waals surface area (Å²) in [6, 6.07) is 4.03. The number of pyridine rings is 1. The summed E-state index contributed by atoms with van der Waals surface area (Å²) >= 11 is 0. The molecule has 0 atom stereocenters. The van der Waals surface area contributed by atoms with Crippen LogP contribution < -0.4 is 16.0 Å². The summed E-state index contributed by atoms with van der Waals surface area (Å²) in [5, 5.41) is 18.9. The van der Waals surface area contributed by atoms with Gasteiger partial charge in [-0.1, -0.05) is 6.07 Å². The van der Waals surface area contributed by atoms with E-state index in [1.807, 2.05) is 19.9 Å². The first kappa shape index (κ1) is 22.6. The normalized spacial score (nSPS) is 20.0. The van der Waals surface area contributed by atoms with E-state index in [-0.39, 0.29) is 36.0 Å². The maximum Gasteiger partial charge on any atom is 0.227 e. The molecule has 1 amide bonds. The third kappa shape index (κ3) is 8.31. The number of nitrogens with one attached hydrogen (secondary N) is 3. The van der Waals surface area contributed by atoms with E-state index in [2.05, 4.69) is 25.9 Å². The quantitative estimate of drug-likeness (QED) is 0.287. The predicted molar refractivity (Wildman–Crippen MR) is 115 cm³/mol. The lowest BCUT2D eigenvalue weighted by Gasteiger charge is -2.27. The number of aliphatic hydroxyl groups is 1. The second kappa shape index (κ2) is 12.1. The van der Waals surface area contributed by atoms with Gasteiger partial charge in [0.15, 0.2) is 5.96 Å². The van der Waals surface area contributed by atoms with Crippen molar-refractivity contribution >= 4 is 41.7 Å². The molecule has 8 heteroatoms. The van der Waals surface area contributed by atoms with Crippen molar-refractivity contribution in [1.29, 1.82) is 0 Å². The van der Waals surface area contributed by atoms with Gasteiger partial charge in [-0.2, -0.15) is 0 Å². The molecule has 0 aliphatic heterocycles. The van der Waals surface area contributed by atoms with Crippen molar-refractivity contribution in [1.82, 2.24) is 15.6 Å². The molecule has 2 rings (SSSR count). The zero-order valence-electron chi connectivity index (χ0n) is 15.5. The third-order valence-corrected chi connectivity index (χ3v) is 4.17. The Morgan fingerprint density at radius 2 is 2.04 bits per heavy atom. The summed E-state index contributed by atoms with van der Waals surface area (Å²) in [7, 11) is 0. The van der Waals surface area contributed by atoms with Crippen molar-refractivity contribution in [3.63, 3.8) is 0 Å². The third-order valence-electron chi connectivity index (χ3n) is 4.17. The predicted octanol–water partition coefficient (Wildman–Crippen LogP) is 2.20. The fraction of sp³-hybridized carbons (Fsp3) is 0.611. The van der Waals surface area contributed by atoms with E-state index >= 15 is 0 Å². The van der Waals surface area contributed by atoms with Gasteiger partial charge in [0.05, 0.1) is 12.6 Å². The van der Waals surface area contributed by atoms with Crippen molar-refractivity contribution in [2.45, 2.75) is 58.1 Å². The van der Waals surface area contributed by atoms with Crippen LogP contribution in [0.5, 0.6) is 0 Å². The zero-order chi connectivity index (χ0) is 18.1. The number of amides is 1. The van der Waals surface area contributed by atoms with Gasteiger partial charge in [-0.05, 0) is 51.2 Å². The Kier molecular flexibility index (Phi) is 10.5. The average Bonchev–Trinajstić information content (AvgIpc) is 2.59. The number of hydrogen-bond acceptors (Lipinski definition) is 4. The van der Waals surface area contributed by atoms with Crippen LogP contribution in [0.4, 0.5) is 5.82 Å². The first-order valence-corrected chi connectivity index (χ1v) is 9.02. The van der Waals surface area contributed by atoms with E-state index < -0.39 is 0 Å². The fourth-order valence-corrected chi connectivity index (χ4v) is 2.75. The first-order valence-electron chi connectivity index (χ1n) is 9.02.